The van der Waals surface area contributed by atoms with Crippen molar-refractivity contribution in [2.75, 3.05) is 45.9 Å². The van der Waals surface area contributed by atoms with Crippen molar-refractivity contribution in [3.63, 3.8) is 0 Å². The van der Waals surface area contributed by atoms with Crippen molar-refractivity contribution in [2.24, 2.45) is 0 Å². The second-order valence-electron chi connectivity index (χ2n) is 5.68. The molecule has 100 valence electrons. The normalized spacial score (nSPS) is 31.6. The van der Waals surface area contributed by atoms with Crippen LogP contribution in [0.2, 0.25) is 0 Å². The van der Waals surface area contributed by atoms with Crippen molar-refractivity contribution in [1.82, 2.24) is 9.80 Å². The highest BCUT2D eigenvalue weighted by Gasteiger charge is 2.31. The average Bonchev–Trinajstić information content (AvgIpc) is 2.78. The lowest BCUT2D eigenvalue weighted by molar-refractivity contribution is 0.00779. The molecule has 4 nitrogen and oxygen atoms in total. The summed E-state index contributed by atoms with van der Waals surface area (Å²) in [4.78, 5) is 4.95. The van der Waals surface area contributed by atoms with Crippen molar-refractivity contribution in [3.05, 3.63) is 0 Å². The number of likely N-dealkylation sites (tertiary alicyclic amines) is 1. The second-order valence-corrected chi connectivity index (χ2v) is 5.68. The molecule has 0 aliphatic carbocycles. The number of β-amino-alcohol motifs (C(OH)–C–C–N with tert-alkyl or cyclic N) is 1. The predicted molar refractivity (Wildman–Crippen MR) is 68.2 cm³/mol. The van der Waals surface area contributed by atoms with Gasteiger partial charge in [0.1, 0.15) is 0 Å². The molecule has 17 heavy (non-hydrogen) atoms. The largest absolute Gasteiger partial charge is 0.389 e. The van der Waals surface area contributed by atoms with Gasteiger partial charge in [0.25, 0.3) is 0 Å². The average molecular weight is 242 g/mol. The molecule has 0 amide bonds. The van der Waals surface area contributed by atoms with Gasteiger partial charge in [0.2, 0.25) is 0 Å². The van der Waals surface area contributed by atoms with Gasteiger partial charge in [-0.25, -0.2) is 0 Å². The maximum absolute atomic E-state index is 10.1. The fourth-order valence-electron chi connectivity index (χ4n) is 2.79. The van der Waals surface area contributed by atoms with Gasteiger partial charge in [-0.3, -0.25) is 9.80 Å². The Hall–Kier alpha value is -0.160. The van der Waals surface area contributed by atoms with E-state index in [-0.39, 0.29) is 0 Å². The van der Waals surface area contributed by atoms with Crippen molar-refractivity contribution in [1.29, 1.82) is 0 Å². The van der Waals surface area contributed by atoms with Gasteiger partial charge in [0.05, 0.1) is 18.8 Å². The molecule has 2 aliphatic heterocycles. The molecule has 0 aromatic carbocycles. The van der Waals surface area contributed by atoms with Crippen molar-refractivity contribution in [3.8, 4) is 0 Å². The van der Waals surface area contributed by atoms with Crippen molar-refractivity contribution in [2.45, 2.75) is 38.3 Å². The minimum atomic E-state index is -0.528. The summed E-state index contributed by atoms with van der Waals surface area (Å²) in [6.45, 7) is 10.9. The molecule has 2 aliphatic rings. The lowest BCUT2D eigenvalue weighted by atomic mass is 10.0. The van der Waals surface area contributed by atoms with Crippen LogP contribution in [0, 0.1) is 0 Å². The quantitative estimate of drug-likeness (QED) is 0.781. The van der Waals surface area contributed by atoms with Crippen LogP contribution in [-0.2, 0) is 4.74 Å². The topological polar surface area (TPSA) is 35.9 Å². The summed E-state index contributed by atoms with van der Waals surface area (Å²) in [7, 11) is 0. The Morgan fingerprint density at radius 2 is 2.00 bits per heavy atom. The molecule has 2 fully saturated rings. The van der Waals surface area contributed by atoms with E-state index in [9.17, 15) is 5.11 Å². The molecule has 0 saturated carbocycles. The number of hydrogen-bond acceptors (Lipinski definition) is 4. The molecular weight excluding hydrogens is 216 g/mol. The Balaban J connectivity index is 1.78. The van der Waals surface area contributed by atoms with Gasteiger partial charge in [-0.15, -0.1) is 0 Å². The van der Waals surface area contributed by atoms with Crippen LogP contribution < -0.4 is 0 Å². The Morgan fingerprint density at radius 3 is 2.65 bits per heavy atom. The summed E-state index contributed by atoms with van der Waals surface area (Å²) >= 11 is 0. The van der Waals surface area contributed by atoms with Crippen LogP contribution in [0.3, 0.4) is 0 Å². The monoisotopic (exact) mass is 242 g/mol. The van der Waals surface area contributed by atoms with E-state index in [0.29, 0.717) is 6.04 Å². The molecule has 4 heteroatoms. The highest BCUT2D eigenvalue weighted by molar-refractivity contribution is 4.87. The number of rotatable bonds is 4. The van der Waals surface area contributed by atoms with E-state index in [0.717, 1.165) is 52.4 Å². The number of aliphatic hydroxyl groups is 1. The summed E-state index contributed by atoms with van der Waals surface area (Å²) in [5, 5.41) is 10.1. The molecule has 0 aromatic rings. The summed E-state index contributed by atoms with van der Waals surface area (Å²) in [6, 6.07) is 0.673. The number of morpholine rings is 1. The zero-order valence-corrected chi connectivity index (χ0v) is 11.2. The molecule has 0 spiro atoms. The third-order valence-electron chi connectivity index (χ3n) is 4.14. The van der Waals surface area contributed by atoms with E-state index in [2.05, 4.69) is 16.7 Å². The lowest BCUT2D eigenvalue weighted by Crippen LogP contribution is -2.46. The predicted octanol–water partition coefficient (Wildman–Crippen LogP) is 0.554. The van der Waals surface area contributed by atoms with Gasteiger partial charge in [-0.2, -0.15) is 0 Å². The zero-order valence-electron chi connectivity index (χ0n) is 11.2. The minimum Gasteiger partial charge on any atom is -0.389 e. The lowest BCUT2D eigenvalue weighted by Gasteiger charge is -2.33. The van der Waals surface area contributed by atoms with Crippen molar-refractivity contribution < 1.29 is 9.84 Å². The Labute approximate surface area is 105 Å². The molecule has 2 saturated heterocycles. The fraction of sp³-hybridized carbons (Fsp3) is 1.00. The molecule has 2 rings (SSSR count). The SMILES string of the molecule is CCC(C)(O)CN1CCC(N2CCOCC2)C1. The van der Waals surface area contributed by atoms with Gasteiger partial charge >= 0.3 is 0 Å². The Morgan fingerprint density at radius 1 is 1.29 bits per heavy atom. The molecule has 1 N–H and O–H groups in total. The maximum atomic E-state index is 10.1. The Kier molecular flexibility index (Phi) is 4.42. The van der Waals surface area contributed by atoms with Crippen LogP contribution in [0.15, 0.2) is 0 Å². The second kappa shape index (κ2) is 5.65. The van der Waals surface area contributed by atoms with E-state index in [4.69, 9.17) is 4.74 Å². The summed E-state index contributed by atoms with van der Waals surface area (Å²) < 4.78 is 5.39. The van der Waals surface area contributed by atoms with E-state index < -0.39 is 5.60 Å². The van der Waals surface area contributed by atoms with Crippen LogP contribution in [0.1, 0.15) is 26.7 Å². The van der Waals surface area contributed by atoms with Crippen LogP contribution in [0.4, 0.5) is 0 Å². The van der Waals surface area contributed by atoms with Crippen molar-refractivity contribution >= 4 is 0 Å². The van der Waals surface area contributed by atoms with E-state index in [1.807, 2.05) is 6.92 Å². The molecule has 2 unspecified atom stereocenters. The van der Waals surface area contributed by atoms with Gasteiger partial charge < -0.3 is 9.84 Å². The molecule has 2 heterocycles. The highest BCUT2D eigenvalue weighted by atomic mass is 16.5. The number of nitrogens with zero attached hydrogens (tertiary/aromatic N) is 2. The highest BCUT2D eigenvalue weighted by Crippen LogP contribution is 2.20. The van der Waals surface area contributed by atoms with Crippen LogP contribution in [0.25, 0.3) is 0 Å². The van der Waals surface area contributed by atoms with Crippen LogP contribution in [-0.4, -0.2) is 72.5 Å². The number of ether oxygens (including phenoxy) is 1. The standard InChI is InChI=1S/C13H26N2O2/c1-3-13(2,16)11-14-5-4-12(10-14)15-6-8-17-9-7-15/h12,16H,3-11H2,1-2H3. The van der Waals surface area contributed by atoms with Gasteiger partial charge in [-0.1, -0.05) is 6.92 Å². The van der Waals surface area contributed by atoms with Gasteiger partial charge in [-0.05, 0) is 26.3 Å². The smallest absolute Gasteiger partial charge is 0.0743 e. The summed E-state index contributed by atoms with van der Waals surface area (Å²) in [5.41, 5.74) is -0.528. The third-order valence-corrected chi connectivity index (χ3v) is 4.14. The van der Waals surface area contributed by atoms with E-state index >= 15 is 0 Å². The summed E-state index contributed by atoms with van der Waals surface area (Å²) in [6.07, 6.45) is 2.06. The molecular formula is C13H26N2O2. The molecule has 0 radical (unpaired) electrons. The first-order valence-corrected chi connectivity index (χ1v) is 6.87. The first-order chi connectivity index (χ1) is 8.11. The van der Waals surface area contributed by atoms with Gasteiger partial charge in [0.15, 0.2) is 0 Å². The zero-order chi connectivity index (χ0) is 12.3. The molecule has 0 aromatic heterocycles. The van der Waals surface area contributed by atoms with Crippen LogP contribution in [0.5, 0.6) is 0 Å². The molecule has 0 bridgehead atoms. The number of hydrogen-bond donors (Lipinski definition) is 1. The first-order valence-electron chi connectivity index (χ1n) is 6.87. The van der Waals surface area contributed by atoms with E-state index in [1.165, 1.54) is 6.42 Å². The maximum Gasteiger partial charge on any atom is 0.0743 e. The summed E-state index contributed by atoms with van der Waals surface area (Å²) in [5.74, 6) is 0. The minimum absolute atomic E-state index is 0.528. The third kappa shape index (κ3) is 3.65. The molecule has 2 atom stereocenters. The Bertz CT molecular complexity index is 240. The van der Waals surface area contributed by atoms with Crippen LogP contribution >= 0.6 is 0 Å². The van der Waals surface area contributed by atoms with E-state index in [1.54, 1.807) is 0 Å². The first kappa shape index (κ1) is 13.3. The fourth-order valence-corrected chi connectivity index (χ4v) is 2.79. The van der Waals surface area contributed by atoms with Gasteiger partial charge in [0, 0.05) is 32.2 Å².